The third-order valence-electron chi connectivity index (χ3n) is 4.84. The molecule has 0 radical (unpaired) electrons. The quantitative estimate of drug-likeness (QED) is 0.788. The zero-order chi connectivity index (χ0) is 17.7. The molecule has 0 heterocycles. The molecule has 1 aliphatic carbocycles. The van der Waals surface area contributed by atoms with Gasteiger partial charge in [0.2, 0.25) is 5.91 Å². The van der Waals surface area contributed by atoms with E-state index in [4.69, 9.17) is 10.5 Å². The van der Waals surface area contributed by atoms with Crippen molar-refractivity contribution >= 4 is 24.0 Å². The van der Waals surface area contributed by atoms with E-state index in [1.807, 2.05) is 54.6 Å². The summed E-state index contributed by atoms with van der Waals surface area (Å²) in [5.41, 5.74) is 7.81. The zero-order valence-electron chi connectivity index (χ0n) is 15.1. The van der Waals surface area contributed by atoms with Gasteiger partial charge in [0.25, 0.3) is 0 Å². The minimum absolute atomic E-state index is 0. The first kappa shape index (κ1) is 20.4. The van der Waals surface area contributed by atoms with Crippen molar-refractivity contribution in [3.8, 4) is 0 Å². The molecule has 1 amide bonds. The van der Waals surface area contributed by atoms with Crippen molar-refractivity contribution in [2.24, 2.45) is 5.73 Å². The molecule has 1 aliphatic rings. The fourth-order valence-corrected chi connectivity index (χ4v) is 3.13. The van der Waals surface area contributed by atoms with Crippen LogP contribution >= 0.6 is 12.4 Å². The highest BCUT2D eigenvalue weighted by molar-refractivity contribution is 5.98. The molecule has 2 aromatic rings. The zero-order valence-corrected chi connectivity index (χ0v) is 15.9. The van der Waals surface area contributed by atoms with Gasteiger partial charge in [0.15, 0.2) is 0 Å². The van der Waals surface area contributed by atoms with Crippen LogP contribution in [0.5, 0.6) is 0 Å². The molecular weight excluding hydrogens is 348 g/mol. The van der Waals surface area contributed by atoms with Gasteiger partial charge in [-0.2, -0.15) is 0 Å². The second kappa shape index (κ2) is 9.17. The van der Waals surface area contributed by atoms with Crippen LogP contribution in [0.1, 0.15) is 43.7 Å². The molecule has 0 aromatic heterocycles. The van der Waals surface area contributed by atoms with Gasteiger partial charge in [-0.05, 0) is 43.0 Å². The van der Waals surface area contributed by atoms with Gasteiger partial charge in [-0.25, -0.2) is 0 Å². The molecule has 26 heavy (non-hydrogen) atoms. The lowest BCUT2D eigenvalue weighted by Gasteiger charge is -2.24. The van der Waals surface area contributed by atoms with Crippen molar-refractivity contribution < 1.29 is 9.53 Å². The van der Waals surface area contributed by atoms with Gasteiger partial charge >= 0.3 is 0 Å². The fraction of sp³-hybridized carbons (Fsp3) is 0.381. The molecule has 1 unspecified atom stereocenters. The summed E-state index contributed by atoms with van der Waals surface area (Å²) in [6, 6.07) is 17.2. The molecule has 2 aromatic carbocycles. The van der Waals surface area contributed by atoms with Crippen molar-refractivity contribution in [2.45, 2.75) is 50.9 Å². The number of rotatable bonds is 6. The highest BCUT2D eigenvalue weighted by atomic mass is 35.5. The molecule has 1 fully saturated rings. The molecule has 5 heteroatoms. The van der Waals surface area contributed by atoms with Crippen LogP contribution in [0.3, 0.4) is 0 Å². The van der Waals surface area contributed by atoms with Crippen LogP contribution in [0, 0.1) is 0 Å². The maximum absolute atomic E-state index is 12.6. The Labute approximate surface area is 161 Å². The van der Waals surface area contributed by atoms with E-state index in [2.05, 4.69) is 5.32 Å². The molecular formula is C21H27ClN2O2. The summed E-state index contributed by atoms with van der Waals surface area (Å²) in [6.45, 7) is 2.35. The highest BCUT2D eigenvalue weighted by Gasteiger charge is 2.30. The monoisotopic (exact) mass is 374 g/mol. The van der Waals surface area contributed by atoms with Crippen molar-refractivity contribution in [1.82, 2.24) is 0 Å². The van der Waals surface area contributed by atoms with Crippen molar-refractivity contribution in [3.05, 3.63) is 65.7 Å². The van der Waals surface area contributed by atoms with Crippen molar-refractivity contribution in [2.75, 3.05) is 5.32 Å². The lowest BCUT2D eigenvalue weighted by atomic mass is 9.92. The van der Waals surface area contributed by atoms with Gasteiger partial charge in [0, 0.05) is 5.69 Å². The van der Waals surface area contributed by atoms with Gasteiger partial charge in [-0.1, -0.05) is 55.3 Å². The number of carbonyl (C=O) groups excluding carboxylic acids is 1. The van der Waals surface area contributed by atoms with E-state index in [9.17, 15) is 4.79 Å². The van der Waals surface area contributed by atoms with E-state index >= 15 is 0 Å². The molecule has 0 aliphatic heterocycles. The molecule has 1 saturated carbocycles. The number of carbonyl (C=O) groups is 1. The maximum atomic E-state index is 12.6. The SMILES string of the molecule is CC(N)(C(=O)Nc1ccc(COC2CCCC2)cc1)c1ccccc1.Cl. The number of ether oxygens (including phenoxy) is 1. The number of halogens is 1. The van der Waals surface area contributed by atoms with Crippen LogP contribution in [0.2, 0.25) is 0 Å². The second-order valence-electron chi connectivity index (χ2n) is 6.94. The number of nitrogens with two attached hydrogens (primary N) is 1. The summed E-state index contributed by atoms with van der Waals surface area (Å²) in [7, 11) is 0. The second-order valence-corrected chi connectivity index (χ2v) is 6.94. The first-order valence-electron chi connectivity index (χ1n) is 8.92. The minimum atomic E-state index is -1.08. The molecule has 4 nitrogen and oxygen atoms in total. The lowest BCUT2D eigenvalue weighted by molar-refractivity contribution is -0.120. The minimum Gasteiger partial charge on any atom is -0.374 e. The topological polar surface area (TPSA) is 64.4 Å². The van der Waals surface area contributed by atoms with Gasteiger partial charge in [-0.3, -0.25) is 4.79 Å². The summed E-state index contributed by atoms with van der Waals surface area (Å²) in [4.78, 5) is 12.6. The predicted molar refractivity (Wildman–Crippen MR) is 107 cm³/mol. The Morgan fingerprint density at radius 2 is 1.73 bits per heavy atom. The first-order valence-corrected chi connectivity index (χ1v) is 8.92. The van der Waals surface area contributed by atoms with Crippen LogP contribution in [-0.4, -0.2) is 12.0 Å². The Morgan fingerprint density at radius 1 is 1.12 bits per heavy atom. The van der Waals surface area contributed by atoms with E-state index in [1.54, 1.807) is 6.92 Å². The average Bonchev–Trinajstić information content (AvgIpc) is 3.15. The number of anilines is 1. The van der Waals surface area contributed by atoms with Crippen LogP contribution < -0.4 is 11.1 Å². The van der Waals surface area contributed by atoms with E-state index in [-0.39, 0.29) is 18.3 Å². The molecule has 1 atom stereocenters. The van der Waals surface area contributed by atoms with Crippen LogP contribution in [0.25, 0.3) is 0 Å². The summed E-state index contributed by atoms with van der Waals surface area (Å²) in [5, 5.41) is 2.90. The van der Waals surface area contributed by atoms with E-state index < -0.39 is 5.54 Å². The van der Waals surface area contributed by atoms with Crippen molar-refractivity contribution in [3.63, 3.8) is 0 Å². The van der Waals surface area contributed by atoms with Gasteiger partial charge in [0.05, 0.1) is 12.7 Å². The standard InChI is InChI=1S/C21H26N2O2.ClH/c1-21(22,17-7-3-2-4-8-17)20(24)23-18-13-11-16(12-14-18)15-25-19-9-5-6-10-19;/h2-4,7-8,11-14,19H,5-6,9-10,15,22H2,1H3,(H,23,24);1H. The third kappa shape index (κ3) is 5.07. The summed E-state index contributed by atoms with van der Waals surface area (Å²) < 4.78 is 5.91. The number of hydrogen-bond donors (Lipinski definition) is 2. The number of nitrogens with one attached hydrogen (secondary N) is 1. The van der Waals surface area contributed by atoms with Crippen LogP contribution in [0.4, 0.5) is 5.69 Å². The average molecular weight is 375 g/mol. The van der Waals surface area contributed by atoms with Crippen LogP contribution in [-0.2, 0) is 21.7 Å². The number of benzene rings is 2. The predicted octanol–water partition coefficient (Wildman–Crippen LogP) is 4.38. The largest absolute Gasteiger partial charge is 0.374 e. The van der Waals surface area contributed by atoms with E-state index in [0.717, 1.165) is 16.8 Å². The maximum Gasteiger partial charge on any atom is 0.248 e. The van der Waals surface area contributed by atoms with Crippen LogP contribution in [0.15, 0.2) is 54.6 Å². The first-order chi connectivity index (χ1) is 12.1. The highest BCUT2D eigenvalue weighted by Crippen LogP contribution is 2.23. The Balaban J connectivity index is 0.00000243. The summed E-state index contributed by atoms with van der Waals surface area (Å²) >= 11 is 0. The van der Waals surface area contributed by atoms with Gasteiger partial charge < -0.3 is 15.8 Å². The Bertz CT molecular complexity index is 696. The Kier molecular flexibility index (Phi) is 7.21. The summed E-state index contributed by atoms with van der Waals surface area (Å²) in [6.07, 6.45) is 5.29. The molecule has 3 rings (SSSR count). The molecule has 0 saturated heterocycles. The Hall–Kier alpha value is -1.88. The van der Waals surface area contributed by atoms with Gasteiger partial charge in [-0.15, -0.1) is 12.4 Å². The van der Waals surface area contributed by atoms with Gasteiger partial charge in [0.1, 0.15) is 5.54 Å². The number of hydrogen-bond acceptors (Lipinski definition) is 3. The Morgan fingerprint density at radius 3 is 2.35 bits per heavy atom. The normalized spacial score (nSPS) is 16.5. The molecule has 0 bridgehead atoms. The lowest BCUT2D eigenvalue weighted by Crippen LogP contribution is -2.45. The van der Waals surface area contributed by atoms with E-state index in [1.165, 1.54) is 25.7 Å². The molecule has 3 N–H and O–H groups in total. The summed E-state index contributed by atoms with van der Waals surface area (Å²) in [5.74, 6) is -0.228. The van der Waals surface area contributed by atoms with E-state index in [0.29, 0.717) is 12.7 Å². The molecule has 0 spiro atoms. The number of amides is 1. The smallest absolute Gasteiger partial charge is 0.248 e. The fourth-order valence-electron chi connectivity index (χ4n) is 3.13. The third-order valence-corrected chi connectivity index (χ3v) is 4.84. The molecule has 140 valence electrons. The van der Waals surface area contributed by atoms with Crippen molar-refractivity contribution in [1.29, 1.82) is 0 Å².